The molecule has 2 heterocycles. The minimum Gasteiger partial charge on any atom is -0.251 e. The first-order valence-corrected chi connectivity index (χ1v) is 4.24. The quantitative estimate of drug-likeness (QED) is 0.611. The Labute approximate surface area is 76.8 Å². The van der Waals surface area contributed by atoms with Gasteiger partial charge in [0.25, 0.3) is 0 Å². The highest BCUT2D eigenvalue weighted by Crippen LogP contribution is 2.19. The average Bonchev–Trinajstić information content (AvgIpc) is 2.15. The van der Waals surface area contributed by atoms with Crippen LogP contribution in [0.2, 0.25) is 0 Å². The van der Waals surface area contributed by atoms with E-state index in [1.807, 2.05) is 6.92 Å². The van der Waals surface area contributed by atoms with Crippen molar-refractivity contribution in [2.75, 3.05) is 0 Å². The van der Waals surface area contributed by atoms with Crippen LogP contribution in [0.25, 0.3) is 10.9 Å². The van der Waals surface area contributed by atoms with Crippen LogP contribution in [-0.2, 0) is 0 Å². The lowest BCUT2D eigenvalue weighted by molar-refractivity contribution is 1.03. The zero-order valence-electron chi connectivity index (χ0n) is 8.00. The summed E-state index contributed by atoms with van der Waals surface area (Å²) in [5, 5.41) is 8.76. The van der Waals surface area contributed by atoms with Crippen LogP contribution in [-0.4, -0.2) is 15.2 Å². The fourth-order valence-electron chi connectivity index (χ4n) is 1.43. The average molecular weight is 173 g/mol. The highest BCUT2D eigenvalue weighted by atomic mass is 15.1. The standard InChI is InChI=1S/C10H11N3/c1-6-7(2)9-4-11-12-5-10(9)13-8(6)3/h4-5H,1-3H3. The summed E-state index contributed by atoms with van der Waals surface area (Å²) >= 11 is 0. The fraction of sp³-hybridized carbons (Fsp3) is 0.300. The Morgan fingerprint density at radius 2 is 1.62 bits per heavy atom. The number of rotatable bonds is 0. The Kier molecular flexibility index (Phi) is 1.72. The van der Waals surface area contributed by atoms with E-state index in [9.17, 15) is 0 Å². The number of hydrogen-bond donors (Lipinski definition) is 0. The van der Waals surface area contributed by atoms with Gasteiger partial charge < -0.3 is 0 Å². The number of pyridine rings is 1. The Bertz CT molecular complexity index is 463. The molecule has 0 amide bonds. The summed E-state index contributed by atoms with van der Waals surface area (Å²) in [5.74, 6) is 0. The largest absolute Gasteiger partial charge is 0.251 e. The van der Waals surface area contributed by atoms with E-state index >= 15 is 0 Å². The molecule has 0 atom stereocenters. The van der Waals surface area contributed by atoms with Gasteiger partial charge in [0, 0.05) is 11.1 Å². The first kappa shape index (κ1) is 8.10. The van der Waals surface area contributed by atoms with Gasteiger partial charge in [-0.2, -0.15) is 10.2 Å². The van der Waals surface area contributed by atoms with Gasteiger partial charge in [0.1, 0.15) is 0 Å². The van der Waals surface area contributed by atoms with Crippen molar-refractivity contribution in [3.63, 3.8) is 0 Å². The molecule has 0 aromatic carbocycles. The monoisotopic (exact) mass is 173 g/mol. The van der Waals surface area contributed by atoms with Gasteiger partial charge in [0.2, 0.25) is 0 Å². The normalized spacial score (nSPS) is 10.7. The molecule has 0 radical (unpaired) electrons. The SMILES string of the molecule is Cc1nc2cnncc2c(C)c1C. The molecule has 0 aliphatic heterocycles. The summed E-state index contributed by atoms with van der Waals surface area (Å²) in [5.41, 5.74) is 4.48. The first-order valence-electron chi connectivity index (χ1n) is 4.24. The van der Waals surface area contributed by atoms with Crippen molar-refractivity contribution in [2.24, 2.45) is 0 Å². The van der Waals surface area contributed by atoms with E-state index in [1.165, 1.54) is 11.1 Å². The Hall–Kier alpha value is -1.51. The van der Waals surface area contributed by atoms with E-state index in [2.05, 4.69) is 29.0 Å². The summed E-state index contributed by atoms with van der Waals surface area (Å²) in [6.45, 7) is 6.19. The smallest absolute Gasteiger partial charge is 0.0925 e. The summed E-state index contributed by atoms with van der Waals surface area (Å²) in [6, 6.07) is 0. The Morgan fingerprint density at radius 3 is 2.38 bits per heavy atom. The molecular weight excluding hydrogens is 162 g/mol. The van der Waals surface area contributed by atoms with Gasteiger partial charge in [0.05, 0.1) is 17.9 Å². The molecular formula is C10H11N3. The fourth-order valence-corrected chi connectivity index (χ4v) is 1.43. The van der Waals surface area contributed by atoms with Gasteiger partial charge in [-0.1, -0.05) is 0 Å². The predicted octanol–water partition coefficient (Wildman–Crippen LogP) is 1.95. The molecule has 0 spiro atoms. The number of fused-ring (bicyclic) bond motifs is 1. The maximum absolute atomic E-state index is 4.43. The maximum atomic E-state index is 4.43. The van der Waals surface area contributed by atoms with Gasteiger partial charge >= 0.3 is 0 Å². The molecule has 0 aliphatic carbocycles. The predicted molar refractivity (Wildman–Crippen MR) is 51.5 cm³/mol. The molecule has 0 unspecified atom stereocenters. The third-order valence-electron chi connectivity index (χ3n) is 2.51. The number of nitrogens with zero attached hydrogens (tertiary/aromatic N) is 3. The molecule has 13 heavy (non-hydrogen) atoms. The summed E-state index contributed by atoms with van der Waals surface area (Å²) < 4.78 is 0. The van der Waals surface area contributed by atoms with E-state index in [-0.39, 0.29) is 0 Å². The van der Waals surface area contributed by atoms with Crippen LogP contribution in [0.1, 0.15) is 16.8 Å². The molecule has 0 saturated heterocycles. The summed E-state index contributed by atoms with van der Waals surface area (Å²) in [7, 11) is 0. The van der Waals surface area contributed by atoms with Crippen molar-refractivity contribution in [3.8, 4) is 0 Å². The summed E-state index contributed by atoms with van der Waals surface area (Å²) in [4.78, 5) is 4.43. The molecule has 0 N–H and O–H groups in total. The topological polar surface area (TPSA) is 38.7 Å². The van der Waals surface area contributed by atoms with Crippen LogP contribution in [0, 0.1) is 20.8 Å². The van der Waals surface area contributed by atoms with Gasteiger partial charge in [0.15, 0.2) is 0 Å². The van der Waals surface area contributed by atoms with Gasteiger partial charge in [-0.15, -0.1) is 0 Å². The Balaban J connectivity index is 2.94. The molecule has 0 saturated carbocycles. The number of hydrogen-bond acceptors (Lipinski definition) is 3. The van der Waals surface area contributed by atoms with Crippen molar-refractivity contribution in [1.82, 2.24) is 15.2 Å². The van der Waals surface area contributed by atoms with Crippen LogP contribution in [0.5, 0.6) is 0 Å². The van der Waals surface area contributed by atoms with Crippen molar-refractivity contribution >= 4 is 10.9 Å². The zero-order valence-corrected chi connectivity index (χ0v) is 8.00. The third-order valence-corrected chi connectivity index (χ3v) is 2.51. The lowest BCUT2D eigenvalue weighted by Gasteiger charge is -2.06. The Morgan fingerprint density at radius 1 is 0.923 bits per heavy atom. The van der Waals surface area contributed by atoms with Crippen LogP contribution >= 0.6 is 0 Å². The number of aryl methyl sites for hydroxylation is 2. The van der Waals surface area contributed by atoms with E-state index in [0.29, 0.717) is 0 Å². The van der Waals surface area contributed by atoms with Crippen LogP contribution < -0.4 is 0 Å². The molecule has 66 valence electrons. The van der Waals surface area contributed by atoms with Gasteiger partial charge in [-0.25, -0.2) is 0 Å². The zero-order chi connectivity index (χ0) is 9.42. The number of aromatic nitrogens is 3. The molecule has 2 aromatic rings. The lowest BCUT2D eigenvalue weighted by Crippen LogP contribution is -1.94. The second-order valence-corrected chi connectivity index (χ2v) is 3.24. The molecule has 2 rings (SSSR count). The van der Waals surface area contributed by atoms with E-state index in [1.54, 1.807) is 12.4 Å². The summed E-state index contributed by atoms with van der Waals surface area (Å²) in [6.07, 6.45) is 3.47. The molecule has 2 aromatic heterocycles. The van der Waals surface area contributed by atoms with Crippen molar-refractivity contribution in [3.05, 3.63) is 29.2 Å². The van der Waals surface area contributed by atoms with Gasteiger partial charge in [-0.3, -0.25) is 4.98 Å². The molecule has 0 bridgehead atoms. The van der Waals surface area contributed by atoms with E-state index in [4.69, 9.17) is 0 Å². The molecule has 0 aliphatic rings. The minimum absolute atomic E-state index is 0.926. The highest BCUT2D eigenvalue weighted by Gasteiger charge is 2.04. The third kappa shape index (κ3) is 1.16. The maximum Gasteiger partial charge on any atom is 0.0925 e. The van der Waals surface area contributed by atoms with Crippen molar-refractivity contribution in [2.45, 2.75) is 20.8 Å². The van der Waals surface area contributed by atoms with Gasteiger partial charge in [-0.05, 0) is 31.9 Å². The van der Waals surface area contributed by atoms with Crippen LogP contribution in [0.3, 0.4) is 0 Å². The molecule has 3 nitrogen and oxygen atoms in total. The molecule has 3 heteroatoms. The second-order valence-electron chi connectivity index (χ2n) is 3.24. The minimum atomic E-state index is 0.926. The van der Waals surface area contributed by atoms with Crippen LogP contribution in [0.4, 0.5) is 0 Å². The second kappa shape index (κ2) is 2.76. The van der Waals surface area contributed by atoms with E-state index in [0.717, 1.165) is 16.6 Å². The lowest BCUT2D eigenvalue weighted by atomic mass is 10.1. The first-order chi connectivity index (χ1) is 6.20. The highest BCUT2D eigenvalue weighted by molar-refractivity contribution is 5.81. The van der Waals surface area contributed by atoms with Crippen molar-refractivity contribution in [1.29, 1.82) is 0 Å². The van der Waals surface area contributed by atoms with Crippen LogP contribution in [0.15, 0.2) is 12.4 Å². The van der Waals surface area contributed by atoms with E-state index < -0.39 is 0 Å². The molecule has 0 fully saturated rings. The van der Waals surface area contributed by atoms with Crippen molar-refractivity contribution < 1.29 is 0 Å².